The van der Waals surface area contributed by atoms with Crippen LogP contribution in [0.3, 0.4) is 0 Å². The van der Waals surface area contributed by atoms with Gasteiger partial charge in [-0.1, -0.05) is 11.6 Å². The first-order valence-corrected chi connectivity index (χ1v) is 5.85. The van der Waals surface area contributed by atoms with Gasteiger partial charge in [-0.2, -0.15) is 0 Å². The fourth-order valence-corrected chi connectivity index (χ4v) is 1.81. The third-order valence-corrected chi connectivity index (χ3v) is 2.66. The molecular weight excluding hydrogens is 254 g/mol. The fraction of sp³-hybridized carbons (Fsp3) is 0.167. The van der Waals surface area contributed by atoms with Crippen LogP contribution < -0.4 is 14.8 Å². The molecule has 5 nitrogen and oxygen atoms in total. The summed E-state index contributed by atoms with van der Waals surface area (Å²) in [6.45, 7) is 1.46. The number of ether oxygens (including phenoxy) is 2. The zero-order valence-electron chi connectivity index (χ0n) is 9.39. The maximum atomic E-state index is 5.76. The van der Waals surface area contributed by atoms with E-state index in [4.69, 9.17) is 21.1 Å². The van der Waals surface area contributed by atoms with Gasteiger partial charge in [0.25, 0.3) is 0 Å². The number of rotatable bonds is 2. The van der Waals surface area contributed by atoms with E-state index in [0.29, 0.717) is 23.4 Å². The van der Waals surface area contributed by atoms with Crippen LogP contribution >= 0.6 is 11.6 Å². The Kier molecular flexibility index (Phi) is 2.90. The number of benzene rings is 1. The maximum absolute atomic E-state index is 5.76. The molecule has 0 saturated carbocycles. The Morgan fingerprint density at radius 3 is 3.11 bits per heavy atom. The normalized spacial score (nSPS) is 13.2. The van der Waals surface area contributed by atoms with E-state index in [1.807, 2.05) is 18.2 Å². The average Bonchev–Trinajstić information content (AvgIpc) is 2.39. The van der Waals surface area contributed by atoms with Gasteiger partial charge in [0.1, 0.15) is 29.6 Å². The molecule has 0 spiro atoms. The molecule has 6 heteroatoms. The Hall–Kier alpha value is -2.01. The molecule has 1 aromatic heterocycles. The summed E-state index contributed by atoms with van der Waals surface area (Å²) < 4.78 is 11.1. The first-order chi connectivity index (χ1) is 8.81. The summed E-state index contributed by atoms with van der Waals surface area (Å²) in [5, 5.41) is 3.58. The van der Waals surface area contributed by atoms with Crippen molar-refractivity contribution in [3.63, 3.8) is 0 Å². The van der Waals surface area contributed by atoms with Gasteiger partial charge in [-0.25, -0.2) is 9.97 Å². The van der Waals surface area contributed by atoms with E-state index in [1.165, 1.54) is 6.33 Å². The molecule has 92 valence electrons. The van der Waals surface area contributed by atoms with Crippen LogP contribution in [0.1, 0.15) is 0 Å². The smallest absolute Gasteiger partial charge is 0.223 e. The average molecular weight is 264 g/mol. The molecule has 18 heavy (non-hydrogen) atoms. The van der Waals surface area contributed by atoms with Crippen molar-refractivity contribution >= 4 is 17.3 Å². The van der Waals surface area contributed by atoms with Crippen LogP contribution in [0.5, 0.6) is 17.4 Å². The number of nitrogens with one attached hydrogen (secondary N) is 1. The predicted molar refractivity (Wildman–Crippen MR) is 67.5 cm³/mol. The number of fused-ring (bicyclic) bond motifs is 1. The molecular formula is C12H10ClN3O2. The minimum atomic E-state index is 0.347. The van der Waals surface area contributed by atoms with Crippen LogP contribution in [0, 0.1) is 0 Å². The lowest BCUT2D eigenvalue weighted by molar-refractivity contribution is 0.322. The lowest BCUT2D eigenvalue weighted by atomic mass is 10.2. The van der Waals surface area contributed by atoms with E-state index in [2.05, 4.69) is 15.3 Å². The molecule has 1 aliphatic rings. The molecule has 2 heterocycles. The summed E-state index contributed by atoms with van der Waals surface area (Å²) in [7, 11) is 0. The first kappa shape index (κ1) is 11.1. The largest absolute Gasteiger partial charge is 0.490 e. The highest BCUT2D eigenvalue weighted by Gasteiger charge is 2.10. The van der Waals surface area contributed by atoms with Crippen molar-refractivity contribution in [3.8, 4) is 17.4 Å². The minimum absolute atomic E-state index is 0.347. The Labute approximate surface area is 109 Å². The number of hydrogen-bond donors (Lipinski definition) is 1. The Morgan fingerprint density at radius 2 is 2.22 bits per heavy atom. The van der Waals surface area contributed by atoms with Gasteiger partial charge in [-0.3, -0.25) is 0 Å². The summed E-state index contributed by atoms with van der Waals surface area (Å²) in [4.78, 5) is 7.77. The zero-order valence-corrected chi connectivity index (χ0v) is 10.1. The van der Waals surface area contributed by atoms with Gasteiger partial charge in [0.15, 0.2) is 0 Å². The number of hydrogen-bond acceptors (Lipinski definition) is 5. The molecule has 0 atom stereocenters. The topological polar surface area (TPSA) is 56.3 Å². The number of aromatic nitrogens is 2. The van der Waals surface area contributed by atoms with Crippen molar-refractivity contribution < 1.29 is 9.47 Å². The van der Waals surface area contributed by atoms with Crippen LogP contribution in [0.2, 0.25) is 5.15 Å². The van der Waals surface area contributed by atoms with E-state index in [9.17, 15) is 0 Å². The molecule has 0 radical (unpaired) electrons. The Morgan fingerprint density at radius 1 is 1.28 bits per heavy atom. The Balaban J connectivity index is 1.85. The summed E-state index contributed by atoms with van der Waals surface area (Å²) >= 11 is 5.76. The van der Waals surface area contributed by atoms with Crippen molar-refractivity contribution in [1.82, 2.24) is 9.97 Å². The van der Waals surface area contributed by atoms with Gasteiger partial charge in [0.05, 0.1) is 5.69 Å². The Bertz CT molecular complexity index is 577. The lowest BCUT2D eigenvalue weighted by Gasteiger charge is -2.19. The van der Waals surface area contributed by atoms with Crippen LogP contribution in [0.25, 0.3) is 0 Å². The lowest BCUT2D eigenvalue weighted by Crippen LogP contribution is -2.17. The molecule has 1 aromatic carbocycles. The molecule has 3 rings (SSSR count). The highest BCUT2D eigenvalue weighted by Crippen LogP contribution is 2.32. The third-order valence-electron chi connectivity index (χ3n) is 2.46. The number of halogens is 1. The number of nitrogens with zero attached hydrogens (tertiary/aromatic N) is 2. The predicted octanol–water partition coefficient (Wildman–Crippen LogP) is 2.73. The van der Waals surface area contributed by atoms with Gasteiger partial charge in [-0.05, 0) is 12.1 Å². The quantitative estimate of drug-likeness (QED) is 0.845. The van der Waals surface area contributed by atoms with Crippen LogP contribution in [-0.4, -0.2) is 23.1 Å². The maximum Gasteiger partial charge on any atom is 0.223 e. The molecule has 0 amide bonds. The first-order valence-electron chi connectivity index (χ1n) is 5.47. The van der Waals surface area contributed by atoms with Gasteiger partial charge in [-0.15, -0.1) is 0 Å². The van der Waals surface area contributed by atoms with Gasteiger partial charge < -0.3 is 14.8 Å². The summed E-state index contributed by atoms with van der Waals surface area (Å²) in [5.74, 6) is 1.91. The van der Waals surface area contributed by atoms with E-state index in [1.54, 1.807) is 6.07 Å². The monoisotopic (exact) mass is 263 g/mol. The second kappa shape index (κ2) is 4.70. The van der Waals surface area contributed by atoms with Crippen molar-refractivity contribution in [3.05, 3.63) is 35.7 Å². The molecule has 2 aromatic rings. The molecule has 0 unspecified atom stereocenters. The highest BCUT2D eigenvalue weighted by atomic mass is 35.5. The van der Waals surface area contributed by atoms with E-state index in [0.717, 1.165) is 18.0 Å². The fourth-order valence-electron chi connectivity index (χ4n) is 1.68. The third kappa shape index (κ3) is 2.31. The van der Waals surface area contributed by atoms with Gasteiger partial charge in [0, 0.05) is 18.7 Å². The van der Waals surface area contributed by atoms with Gasteiger partial charge >= 0.3 is 0 Å². The second-order valence-corrected chi connectivity index (χ2v) is 4.10. The van der Waals surface area contributed by atoms with Crippen LogP contribution in [0.4, 0.5) is 5.69 Å². The van der Waals surface area contributed by atoms with Crippen molar-refractivity contribution in [2.75, 3.05) is 18.5 Å². The molecule has 1 N–H and O–H groups in total. The second-order valence-electron chi connectivity index (χ2n) is 3.71. The summed E-state index contributed by atoms with van der Waals surface area (Å²) in [6, 6.07) is 7.11. The van der Waals surface area contributed by atoms with E-state index >= 15 is 0 Å². The minimum Gasteiger partial charge on any atom is -0.490 e. The van der Waals surface area contributed by atoms with E-state index < -0.39 is 0 Å². The summed E-state index contributed by atoms with van der Waals surface area (Å²) in [6.07, 6.45) is 1.36. The molecule has 0 bridgehead atoms. The molecule has 0 fully saturated rings. The van der Waals surface area contributed by atoms with Crippen LogP contribution in [-0.2, 0) is 0 Å². The summed E-state index contributed by atoms with van der Waals surface area (Å²) in [5.41, 5.74) is 0.916. The highest BCUT2D eigenvalue weighted by molar-refractivity contribution is 6.29. The van der Waals surface area contributed by atoms with Crippen molar-refractivity contribution in [2.24, 2.45) is 0 Å². The van der Waals surface area contributed by atoms with Gasteiger partial charge in [0.2, 0.25) is 5.88 Å². The van der Waals surface area contributed by atoms with Crippen LogP contribution in [0.15, 0.2) is 30.6 Å². The molecule has 0 aliphatic carbocycles. The van der Waals surface area contributed by atoms with Crippen molar-refractivity contribution in [2.45, 2.75) is 0 Å². The SMILES string of the molecule is Clc1cc(Oc2ccc3c(c2)NCCO3)ncn1. The molecule has 1 aliphatic heterocycles. The number of anilines is 1. The van der Waals surface area contributed by atoms with E-state index in [-0.39, 0.29) is 0 Å². The standard InChI is InChI=1S/C12H10ClN3O2/c13-11-6-12(16-7-15-11)18-8-1-2-10-9(5-8)14-3-4-17-10/h1-2,5-7,14H,3-4H2. The molecule has 0 saturated heterocycles. The zero-order chi connectivity index (χ0) is 12.4. The van der Waals surface area contributed by atoms with Crippen molar-refractivity contribution in [1.29, 1.82) is 0 Å².